The Balaban J connectivity index is 2.28. The summed E-state index contributed by atoms with van der Waals surface area (Å²) in [5.74, 6) is 0.951. The van der Waals surface area contributed by atoms with Gasteiger partial charge in [0.15, 0.2) is 0 Å². The normalized spacial score (nSPS) is 10.6. The van der Waals surface area contributed by atoms with Gasteiger partial charge in [-0.1, -0.05) is 38.1 Å². The maximum Gasteiger partial charge on any atom is 0.255 e. The molecule has 116 valence electrons. The number of hydrogen-bond acceptors (Lipinski definition) is 2. The minimum atomic E-state index is -0.113. The van der Waals surface area contributed by atoms with Gasteiger partial charge in [0.25, 0.3) is 5.91 Å². The summed E-state index contributed by atoms with van der Waals surface area (Å²) < 4.78 is 5.45. The average Bonchev–Trinajstić information content (AvgIpc) is 2.49. The number of benzene rings is 2. The Kier molecular flexibility index (Phi) is 5.21. The fourth-order valence-corrected chi connectivity index (χ4v) is 2.42. The van der Waals surface area contributed by atoms with Gasteiger partial charge in [-0.3, -0.25) is 4.79 Å². The minimum Gasteiger partial charge on any atom is -0.494 e. The summed E-state index contributed by atoms with van der Waals surface area (Å²) in [6.07, 6.45) is 0. The van der Waals surface area contributed by atoms with Crippen LogP contribution in [0.5, 0.6) is 5.75 Å². The Labute approximate surface area is 132 Å². The molecule has 0 unspecified atom stereocenters. The number of anilines is 1. The van der Waals surface area contributed by atoms with Gasteiger partial charge in [-0.2, -0.15) is 0 Å². The summed E-state index contributed by atoms with van der Waals surface area (Å²) in [4.78, 5) is 12.5. The molecule has 2 rings (SSSR count). The number of rotatable bonds is 5. The molecule has 1 N–H and O–H groups in total. The van der Waals surface area contributed by atoms with Gasteiger partial charge in [0.05, 0.1) is 6.61 Å². The molecule has 3 nitrogen and oxygen atoms in total. The van der Waals surface area contributed by atoms with E-state index in [4.69, 9.17) is 4.74 Å². The molecular formula is C19H23NO2. The zero-order valence-electron chi connectivity index (χ0n) is 13.6. The summed E-state index contributed by atoms with van der Waals surface area (Å²) in [6, 6.07) is 13.4. The highest BCUT2D eigenvalue weighted by Crippen LogP contribution is 2.28. The summed E-state index contributed by atoms with van der Waals surface area (Å²) in [7, 11) is 0. The number of carbonyl (C=O) groups is 1. The van der Waals surface area contributed by atoms with Gasteiger partial charge in [-0.15, -0.1) is 0 Å². The van der Waals surface area contributed by atoms with Crippen molar-refractivity contribution in [2.45, 2.75) is 33.6 Å². The molecule has 0 aliphatic carbocycles. The van der Waals surface area contributed by atoms with E-state index in [2.05, 4.69) is 25.2 Å². The van der Waals surface area contributed by atoms with Crippen LogP contribution in [0.3, 0.4) is 0 Å². The molecule has 0 aliphatic rings. The zero-order valence-corrected chi connectivity index (χ0v) is 13.6. The van der Waals surface area contributed by atoms with Gasteiger partial charge in [-0.05, 0) is 49.1 Å². The van der Waals surface area contributed by atoms with Crippen molar-refractivity contribution in [1.82, 2.24) is 0 Å². The molecule has 0 spiro atoms. The number of hydrogen-bond donors (Lipinski definition) is 1. The molecule has 0 atom stereocenters. The smallest absolute Gasteiger partial charge is 0.255 e. The number of ether oxygens (including phenoxy) is 1. The van der Waals surface area contributed by atoms with E-state index in [0.29, 0.717) is 23.8 Å². The summed E-state index contributed by atoms with van der Waals surface area (Å²) in [6.45, 7) is 8.77. The van der Waals surface area contributed by atoms with Crippen molar-refractivity contribution in [3.8, 4) is 5.75 Å². The number of nitrogens with one attached hydrogen (secondary N) is 1. The van der Waals surface area contributed by atoms with Crippen LogP contribution in [0.25, 0.3) is 0 Å². The standard InChI is InChI=1S/C19H23NO2/c1-5-22-16-10-7-9-15(12-16)19(21)20-18-14(4)8-6-11-17(18)13(2)3/h6-13H,5H2,1-4H3,(H,20,21). The molecule has 0 saturated heterocycles. The van der Waals surface area contributed by atoms with E-state index < -0.39 is 0 Å². The number of para-hydroxylation sites is 1. The third-order valence-electron chi connectivity index (χ3n) is 3.57. The Morgan fingerprint density at radius 2 is 1.91 bits per heavy atom. The first-order valence-corrected chi connectivity index (χ1v) is 7.66. The zero-order chi connectivity index (χ0) is 16.1. The van der Waals surface area contributed by atoms with E-state index >= 15 is 0 Å². The van der Waals surface area contributed by atoms with Crippen LogP contribution in [0.2, 0.25) is 0 Å². The van der Waals surface area contributed by atoms with E-state index in [9.17, 15) is 4.79 Å². The van der Waals surface area contributed by atoms with Gasteiger partial charge in [0, 0.05) is 11.3 Å². The van der Waals surface area contributed by atoms with Crippen molar-refractivity contribution in [3.05, 3.63) is 59.2 Å². The lowest BCUT2D eigenvalue weighted by molar-refractivity contribution is 0.102. The monoisotopic (exact) mass is 297 g/mol. The van der Waals surface area contributed by atoms with E-state index in [-0.39, 0.29) is 5.91 Å². The van der Waals surface area contributed by atoms with Gasteiger partial charge in [0.1, 0.15) is 5.75 Å². The maximum atomic E-state index is 12.5. The fraction of sp³-hybridized carbons (Fsp3) is 0.316. The molecule has 0 radical (unpaired) electrons. The van der Waals surface area contributed by atoms with Crippen molar-refractivity contribution in [2.75, 3.05) is 11.9 Å². The summed E-state index contributed by atoms with van der Waals surface area (Å²) in [5, 5.41) is 3.05. The lowest BCUT2D eigenvalue weighted by Gasteiger charge is -2.16. The summed E-state index contributed by atoms with van der Waals surface area (Å²) >= 11 is 0. The molecule has 0 heterocycles. The molecule has 2 aromatic rings. The van der Waals surface area contributed by atoms with E-state index in [1.807, 2.05) is 38.1 Å². The summed E-state index contributed by atoms with van der Waals surface area (Å²) in [5.41, 5.74) is 3.73. The first-order chi connectivity index (χ1) is 10.5. The second kappa shape index (κ2) is 7.12. The van der Waals surface area contributed by atoms with E-state index in [1.165, 1.54) is 0 Å². The van der Waals surface area contributed by atoms with Gasteiger partial charge < -0.3 is 10.1 Å². The number of amides is 1. The fourth-order valence-electron chi connectivity index (χ4n) is 2.42. The van der Waals surface area contributed by atoms with Crippen molar-refractivity contribution in [2.24, 2.45) is 0 Å². The lowest BCUT2D eigenvalue weighted by Crippen LogP contribution is -2.15. The first kappa shape index (κ1) is 16.1. The number of aryl methyl sites for hydroxylation is 1. The molecule has 0 aliphatic heterocycles. The van der Waals surface area contributed by atoms with E-state index in [0.717, 1.165) is 16.8 Å². The molecule has 0 fully saturated rings. The van der Waals surface area contributed by atoms with Crippen molar-refractivity contribution in [3.63, 3.8) is 0 Å². The van der Waals surface area contributed by atoms with Crippen LogP contribution in [0.15, 0.2) is 42.5 Å². The highest BCUT2D eigenvalue weighted by molar-refractivity contribution is 6.05. The molecule has 0 saturated carbocycles. The Morgan fingerprint density at radius 1 is 1.18 bits per heavy atom. The highest BCUT2D eigenvalue weighted by Gasteiger charge is 2.13. The van der Waals surface area contributed by atoms with Crippen molar-refractivity contribution >= 4 is 11.6 Å². The second-order valence-electron chi connectivity index (χ2n) is 5.61. The van der Waals surface area contributed by atoms with Crippen LogP contribution >= 0.6 is 0 Å². The van der Waals surface area contributed by atoms with Crippen LogP contribution in [-0.4, -0.2) is 12.5 Å². The van der Waals surface area contributed by atoms with Crippen LogP contribution in [-0.2, 0) is 0 Å². The highest BCUT2D eigenvalue weighted by atomic mass is 16.5. The Bertz CT molecular complexity index is 662. The van der Waals surface area contributed by atoms with Crippen LogP contribution in [0.4, 0.5) is 5.69 Å². The number of carbonyl (C=O) groups excluding carboxylic acids is 1. The molecule has 22 heavy (non-hydrogen) atoms. The molecule has 1 amide bonds. The molecular weight excluding hydrogens is 274 g/mol. The second-order valence-corrected chi connectivity index (χ2v) is 5.61. The first-order valence-electron chi connectivity index (χ1n) is 7.66. The van der Waals surface area contributed by atoms with Crippen molar-refractivity contribution in [1.29, 1.82) is 0 Å². The predicted octanol–water partition coefficient (Wildman–Crippen LogP) is 4.77. The van der Waals surface area contributed by atoms with Crippen LogP contribution in [0.1, 0.15) is 48.2 Å². The molecule has 0 bridgehead atoms. The van der Waals surface area contributed by atoms with Gasteiger partial charge in [-0.25, -0.2) is 0 Å². The van der Waals surface area contributed by atoms with Crippen LogP contribution < -0.4 is 10.1 Å². The van der Waals surface area contributed by atoms with E-state index in [1.54, 1.807) is 12.1 Å². The van der Waals surface area contributed by atoms with Crippen molar-refractivity contribution < 1.29 is 9.53 Å². The molecule has 3 heteroatoms. The average molecular weight is 297 g/mol. The molecule has 0 aromatic heterocycles. The lowest BCUT2D eigenvalue weighted by atomic mass is 9.98. The third-order valence-corrected chi connectivity index (χ3v) is 3.57. The van der Waals surface area contributed by atoms with Gasteiger partial charge in [0.2, 0.25) is 0 Å². The topological polar surface area (TPSA) is 38.3 Å². The quantitative estimate of drug-likeness (QED) is 0.863. The largest absolute Gasteiger partial charge is 0.494 e. The SMILES string of the molecule is CCOc1cccc(C(=O)Nc2c(C)cccc2C(C)C)c1. The minimum absolute atomic E-state index is 0.113. The Hall–Kier alpha value is -2.29. The molecule has 2 aromatic carbocycles. The predicted molar refractivity (Wildman–Crippen MR) is 90.8 cm³/mol. The third kappa shape index (κ3) is 3.67. The van der Waals surface area contributed by atoms with Crippen LogP contribution in [0, 0.1) is 6.92 Å². The maximum absolute atomic E-state index is 12.5. The Morgan fingerprint density at radius 3 is 2.59 bits per heavy atom. The van der Waals surface area contributed by atoms with Gasteiger partial charge >= 0.3 is 0 Å².